The molecule has 5 nitrogen and oxygen atoms in total. The van der Waals surface area contributed by atoms with Gasteiger partial charge in [-0.15, -0.1) is 11.3 Å². The van der Waals surface area contributed by atoms with Gasteiger partial charge in [-0.2, -0.15) is 0 Å². The third kappa shape index (κ3) is 3.48. The van der Waals surface area contributed by atoms with Gasteiger partial charge in [0.05, 0.1) is 8.45 Å². The van der Waals surface area contributed by atoms with Crippen LogP contribution in [0.2, 0.25) is 0 Å². The van der Waals surface area contributed by atoms with Crippen LogP contribution in [-0.4, -0.2) is 28.6 Å². The van der Waals surface area contributed by atoms with E-state index >= 15 is 0 Å². The summed E-state index contributed by atoms with van der Waals surface area (Å²) >= 11 is 3.52. The largest absolute Gasteiger partial charge is 0.508 e. The van der Waals surface area contributed by atoms with Gasteiger partial charge in [-0.3, -0.25) is 14.5 Å². The zero-order chi connectivity index (χ0) is 14.7. The third-order valence-electron chi connectivity index (χ3n) is 2.51. The predicted molar refractivity (Wildman–Crippen MR) is 84.5 cm³/mol. The van der Waals surface area contributed by atoms with Crippen LogP contribution in [0.5, 0.6) is 5.75 Å². The first-order valence-electron chi connectivity index (χ1n) is 5.54. The molecule has 1 amide bonds. The van der Waals surface area contributed by atoms with Crippen molar-refractivity contribution >= 4 is 51.5 Å². The maximum atomic E-state index is 12.4. The molecule has 0 fully saturated rings. The third-order valence-corrected chi connectivity index (χ3v) is 4.30. The van der Waals surface area contributed by atoms with Gasteiger partial charge in [-0.05, 0) is 52.9 Å². The van der Waals surface area contributed by atoms with Gasteiger partial charge in [0, 0.05) is 11.1 Å². The monoisotopic (exact) mass is 403 g/mol. The molecule has 0 unspecified atom stereocenters. The molecule has 0 saturated carbocycles. The number of carbonyl (C=O) groups excluding carboxylic acids is 1. The fourth-order valence-corrected chi connectivity index (χ4v) is 2.95. The molecule has 1 aromatic carbocycles. The number of nitrogens with zero attached hydrogens (tertiary/aromatic N) is 1. The molecule has 0 bridgehead atoms. The van der Waals surface area contributed by atoms with Crippen LogP contribution in [0.3, 0.4) is 0 Å². The molecule has 0 aliphatic heterocycles. The Balaban J connectivity index is 2.34. The van der Waals surface area contributed by atoms with Crippen molar-refractivity contribution < 1.29 is 19.8 Å². The normalized spacial score (nSPS) is 10.2. The van der Waals surface area contributed by atoms with Crippen LogP contribution >= 0.6 is 33.9 Å². The molecular weight excluding hydrogens is 393 g/mol. The Bertz CT molecular complexity index is 638. The molecule has 0 aliphatic rings. The van der Waals surface area contributed by atoms with E-state index in [0.29, 0.717) is 11.3 Å². The number of benzene rings is 1. The molecule has 2 rings (SSSR count). The highest BCUT2D eigenvalue weighted by molar-refractivity contribution is 14.1. The zero-order valence-electron chi connectivity index (χ0n) is 10.1. The molecule has 0 atom stereocenters. The van der Waals surface area contributed by atoms with Gasteiger partial charge in [0.25, 0.3) is 5.91 Å². The van der Waals surface area contributed by atoms with Gasteiger partial charge in [-0.25, -0.2) is 0 Å². The van der Waals surface area contributed by atoms with E-state index in [4.69, 9.17) is 5.11 Å². The van der Waals surface area contributed by atoms with E-state index in [9.17, 15) is 14.7 Å². The smallest absolute Gasteiger partial charge is 0.323 e. The van der Waals surface area contributed by atoms with Gasteiger partial charge in [-0.1, -0.05) is 0 Å². The number of aromatic hydroxyl groups is 1. The lowest BCUT2D eigenvalue weighted by molar-refractivity contribution is -0.135. The first-order valence-corrected chi connectivity index (χ1v) is 7.50. The van der Waals surface area contributed by atoms with Crippen LogP contribution in [0.15, 0.2) is 35.7 Å². The van der Waals surface area contributed by atoms with E-state index in [-0.39, 0.29) is 11.7 Å². The van der Waals surface area contributed by atoms with Gasteiger partial charge >= 0.3 is 5.97 Å². The van der Waals surface area contributed by atoms with Gasteiger partial charge in [0.1, 0.15) is 12.3 Å². The summed E-state index contributed by atoms with van der Waals surface area (Å²) in [5, 5.41) is 19.9. The minimum absolute atomic E-state index is 0.0570. The highest BCUT2D eigenvalue weighted by atomic mass is 127. The van der Waals surface area contributed by atoms with E-state index in [1.807, 2.05) is 0 Å². The molecule has 0 saturated heterocycles. The Labute approximate surface area is 132 Å². The van der Waals surface area contributed by atoms with E-state index < -0.39 is 12.5 Å². The minimum Gasteiger partial charge on any atom is -0.508 e. The Kier molecular flexibility index (Phi) is 4.61. The van der Waals surface area contributed by atoms with Crippen LogP contribution in [0.4, 0.5) is 5.69 Å². The van der Waals surface area contributed by atoms with Gasteiger partial charge < -0.3 is 10.2 Å². The molecular formula is C13H10INO4S. The maximum Gasteiger partial charge on any atom is 0.323 e. The zero-order valence-corrected chi connectivity index (χ0v) is 13.1. The summed E-state index contributed by atoms with van der Waals surface area (Å²) in [7, 11) is 0. The quantitative estimate of drug-likeness (QED) is 0.770. The van der Waals surface area contributed by atoms with Crippen LogP contribution in [0.1, 0.15) is 10.4 Å². The molecule has 1 heterocycles. The van der Waals surface area contributed by atoms with Crippen molar-refractivity contribution in [2.45, 2.75) is 0 Å². The maximum absolute atomic E-state index is 12.4. The number of halogens is 1. The van der Waals surface area contributed by atoms with Crippen molar-refractivity contribution in [1.82, 2.24) is 0 Å². The minimum atomic E-state index is -1.10. The summed E-state index contributed by atoms with van der Waals surface area (Å²) in [4.78, 5) is 24.5. The second-order valence-corrected chi connectivity index (χ2v) is 6.75. The Morgan fingerprint density at radius 3 is 2.40 bits per heavy atom. The number of carboxylic acid groups (broad SMARTS) is 1. The molecule has 0 aliphatic carbocycles. The number of phenols is 1. The number of amides is 1. The number of hydrogen-bond acceptors (Lipinski definition) is 4. The molecule has 1 aromatic heterocycles. The average Bonchev–Trinajstić information content (AvgIpc) is 2.83. The number of aliphatic carboxylic acids is 1. The van der Waals surface area contributed by atoms with Crippen molar-refractivity contribution in [3.8, 4) is 5.75 Å². The molecule has 0 spiro atoms. The number of carboxylic acids is 1. The first kappa shape index (κ1) is 14.8. The summed E-state index contributed by atoms with van der Waals surface area (Å²) in [6.45, 7) is -0.434. The molecule has 20 heavy (non-hydrogen) atoms. The van der Waals surface area contributed by atoms with Crippen molar-refractivity contribution in [3.63, 3.8) is 0 Å². The molecule has 2 aromatic rings. The molecule has 0 radical (unpaired) electrons. The topological polar surface area (TPSA) is 77.8 Å². The van der Waals surface area contributed by atoms with Crippen LogP contribution in [-0.2, 0) is 4.79 Å². The number of thiophene rings is 1. The lowest BCUT2D eigenvalue weighted by Gasteiger charge is -2.20. The van der Waals surface area contributed by atoms with Gasteiger partial charge in [0.2, 0.25) is 0 Å². The van der Waals surface area contributed by atoms with E-state index in [1.54, 1.807) is 11.4 Å². The second-order valence-electron chi connectivity index (χ2n) is 3.94. The fourth-order valence-electron chi connectivity index (χ4n) is 1.63. The summed E-state index contributed by atoms with van der Waals surface area (Å²) in [5.74, 6) is -1.42. The predicted octanol–water partition coefficient (Wildman–Crippen LogP) is 2.79. The van der Waals surface area contributed by atoms with Crippen molar-refractivity contribution in [2.24, 2.45) is 0 Å². The van der Waals surface area contributed by atoms with Crippen LogP contribution in [0.25, 0.3) is 0 Å². The van der Waals surface area contributed by atoms with E-state index in [1.165, 1.54) is 40.5 Å². The van der Waals surface area contributed by atoms with E-state index in [2.05, 4.69) is 22.6 Å². The summed E-state index contributed by atoms with van der Waals surface area (Å²) < 4.78 is 0.951. The van der Waals surface area contributed by atoms with Crippen molar-refractivity contribution in [3.05, 3.63) is 44.2 Å². The van der Waals surface area contributed by atoms with Crippen LogP contribution in [0, 0.1) is 2.88 Å². The van der Waals surface area contributed by atoms with Crippen molar-refractivity contribution in [2.75, 3.05) is 11.4 Å². The van der Waals surface area contributed by atoms with Gasteiger partial charge in [0.15, 0.2) is 0 Å². The second kappa shape index (κ2) is 6.23. The SMILES string of the molecule is O=C(O)CN(C(=O)c1csc(I)c1)c1ccc(O)cc1. The fraction of sp³-hybridized carbons (Fsp3) is 0.0769. The molecule has 104 valence electrons. The Morgan fingerprint density at radius 2 is 1.90 bits per heavy atom. The number of hydrogen-bond donors (Lipinski definition) is 2. The lowest BCUT2D eigenvalue weighted by Crippen LogP contribution is -2.35. The van der Waals surface area contributed by atoms with Crippen molar-refractivity contribution in [1.29, 1.82) is 0 Å². The van der Waals surface area contributed by atoms with Crippen LogP contribution < -0.4 is 4.90 Å². The summed E-state index contributed by atoms with van der Waals surface area (Å²) in [6.07, 6.45) is 0. The molecule has 2 N–H and O–H groups in total. The molecule has 7 heteroatoms. The summed E-state index contributed by atoms with van der Waals surface area (Å²) in [5.41, 5.74) is 0.880. The Hall–Kier alpha value is -1.61. The highest BCUT2D eigenvalue weighted by Gasteiger charge is 2.21. The number of rotatable bonds is 4. The lowest BCUT2D eigenvalue weighted by atomic mass is 10.2. The number of phenolic OH excluding ortho intramolecular Hbond substituents is 1. The standard InChI is InChI=1S/C13H10INO4S/c14-11-5-8(7-20-11)13(19)15(6-12(17)18)9-1-3-10(16)4-2-9/h1-5,7,16H,6H2,(H,17,18). The average molecular weight is 403 g/mol. The number of carbonyl (C=O) groups is 2. The first-order chi connectivity index (χ1) is 9.47. The Morgan fingerprint density at radius 1 is 1.25 bits per heavy atom. The highest BCUT2D eigenvalue weighted by Crippen LogP contribution is 2.23. The number of anilines is 1. The van der Waals surface area contributed by atoms with E-state index in [0.717, 1.165) is 2.88 Å². The summed E-state index contributed by atoms with van der Waals surface area (Å²) in [6, 6.07) is 7.55.